The van der Waals surface area contributed by atoms with E-state index in [1.165, 1.54) is 5.56 Å². The van der Waals surface area contributed by atoms with Crippen LogP contribution < -0.4 is 14.8 Å². The quantitative estimate of drug-likeness (QED) is 0.787. The minimum atomic E-state index is -0.159. The Balaban J connectivity index is 1.73. The van der Waals surface area contributed by atoms with E-state index >= 15 is 0 Å². The van der Waals surface area contributed by atoms with E-state index in [0.29, 0.717) is 18.3 Å². The predicted molar refractivity (Wildman–Crippen MR) is 100 cm³/mol. The van der Waals surface area contributed by atoms with E-state index < -0.39 is 0 Å². The van der Waals surface area contributed by atoms with Gasteiger partial charge in [0, 0.05) is 0 Å². The van der Waals surface area contributed by atoms with Gasteiger partial charge in [0.15, 0.2) is 6.61 Å². The molecule has 0 fully saturated rings. The van der Waals surface area contributed by atoms with Crippen LogP contribution in [-0.4, -0.2) is 25.2 Å². The topological polar surface area (TPSA) is 47.6 Å². The van der Waals surface area contributed by atoms with E-state index in [9.17, 15) is 4.79 Å². The van der Waals surface area contributed by atoms with Crippen LogP contribution in [0.15, 0.2) is 48.5 Å². The first kappa shape index (κ1) is 18.8. The minimum Gasteiger partial charge on any atom is -0.491 e. The van der Waals surface area contributed by atoms with Crippen molar-refractivity contribution in [2.75, 3.05) is 13.2 Å². The van der Waals surface area contributed by atoms with Gasteiger partial charge in [0.2, 0.25) is 0 Å². The monoisotopic (exact) mass is 341 g/mol. The number of carbonyl (C=O) groups excluding carboxylic acids is 1. The lowest BCUT2D eigenvalue weighted by Gasteiger charge is -2.16. The van der Waals surface area contributed by atoms with Crippen molar-refractivity contribution in [2.24, 2.45) is 0 Å². The van der Waals surface area contributed by atoms with Crippen LogP contribution in [0.3, 0.4) is 0 Å². The maximum Gasteiger partial charge on any atom is 0.258 e. The molecule has 0 unspecified atom stereocenters. The number of aryl methyl sites for hydroxylation is 1. The molecule has 134 valence electrons. The smallest absolute Gasteiger partial charge is 0.258 e. The summed E-state index contributed by atoms with van der Waals surface area (Å²) in [5, 5.41) is 2.88. The molecule has 2 rings (SSSR count). The van der Waals surface area contributed by atoms with Gasteiger partial charge >= 0.3 is 0 Å². The lowest BCUT2D eigenvalue weighted by molar-refractivity contribution is -0.123. The average Bonchev–Trinajstić information content (AvgIpc) is 2.59. The number of para-hydroxylation sites is 1. The third kappa shape index (κ3) is 6.14. The molecule has 0 aliphatic heterocycles. The van der Waals surface area contributed by atoms with Crippen LogP contribution in [0.2, 0.25) is 0 Å². The normalized spacial score (nSPS) is 11.9. The van der Waals surface area contributed by atoms with Gasteiger partial charge in [-0.2, -0.15) is 0 Å². The van der Waals surface area contributed by atoms with Gasteiger partial charge in [-0.1, -0.05) is 44.2 Å². The zero-order chi connectivity index (χ0) is 18.2. The Labute approximate surface area is 150 Å². The Morgan fingerprint density at radius 2 is 1.68 bits per heavy atom. The number of amides is 1. The maximum atomic E-state index is 12.0. The summed E-state index contributed by atoms with van der Waals surface area (Å²) in [5.41, 5.74) is 2.33. The fourth-order valence-electron chi connectivity index (χ4n) is 2.39. The number of rotatable bonds is 8. The van der Waals surface area contributed by atoms with Gasteiger partial charge in [0.05, 0.1) is 6.04 Å². The van der Waals surface area contributed by atoms with E-state index in [1.807, 2.05) is 62.4 Å². The van der Waals surface area contributed by atoms with Crippen molar-refractivity contribution >= 4 is 5.91 Å². The molecule has 2 aromatic rings. The fourth-order valence-corrected chi connectivity index (χ4v) is 2.39. The maximum absolute atomic E-state index is 12.0. The molecule has 1 atom stereocenters. The second kappa shape index (κ2) is 9.11. The van der Waals surface area contributed by atoms with Crippen LogP contribution >= 0.6 is 0 Å². The van der Waals surface area contributed by atoms with Crippen LogP contribution in [0.5, 0.6) is 11.5 Å². The molecule has 2 aromatic carbocycles. The van der Waals surface area contributed by atoms with Crippen molar-refractivity contribution in [1.29, 1.82) is 0 Å². The van der Waals surface area contributed by atoms with Crippen molar-refractivity contribution < 1.29 is 14.3 Å². The van der Waals surface area contributed by atoms with Crippen LogP contribution in [0.1, 0.15) is 37.8 Å². The molecule has 0 aromatic heterocycles. The zero-order valence-corrected chi connectivity index (χ0v) is 15.4. The van der Waals surface area contributed by atoms with E-state index in [2.05, 4.69) is 19.2 Å². The highest BCUT2D eigenvalue weighted by molar-refractivity contribution is 5.77. The number of hydrogen-bond donors (Lipinski definition) is 1. The summed E-state index contributed by atoms with van der Waals surface area (Å²) in [4.78, 5) is 12.0. The zero-order valence-electron chi connectivity index (χ0n) is 15.4. The predicted octanol–water partition coefficient (Wildman–Crippen LogP) is 4.08. The molecule has 4 nitrogen and oxygen atoms in total. The third-order valence-corrected chi connectivity index (χ3v) is 3.91. The highest BCUT2D eigenvalue weighted by Gasteiger charge is 2.10. The van der Waals surface area contributed by atoms with Crippen molar-refractivity contribution in [3.05, 3.63) is 59.7 Å². The summed E-state index contributed by atoms with van der Waals surface area (Å²) in [6.45, 7) is 8.60. The van der Waals surface area contributed by atoms with Crippen molar-refractivity contribution in [3.8, 4) is 11.5 Å². The molecule has 4 heteroatoms. The summed E-state index contributed by atoms with van der Waals surface area (Å²) >= 11 is 0. The molecule has 0 aliphatic carbocycles. The van der Waals surface area contributed by atoms with E-state index in [0.717, 1.165) is 11.3 Å². The molecule has 0 spiro atoms. The number of nitrogens with one attached hydrogen (secondary N) is 1. The third-order valence-electron chi connectivity index (χ3n) is 3.91. The first-order valence-electron chi connectivity index (χ1n) is 8.66. The van der Waals surface area contributed by atoms with Gasteiger partial charge < -0.3 is 14.8 Å². The number of ether oxygens (including phenoxy) is 2. The average molecular weight is 341 g/mol. The highest BCUT2D eigenvalue weighted by Crippen LogP contribution is 2.18. The number of hydrogen-bond acceptors (Lipinski definition) is 3. The van der Waals surface area contributed by atoms with E-state index in [1.54, 1.807) is 0 Å². The summed E-state index contributed by atoms with van der Waals surface area (Å²) in [6, 6.07) is 15.6. The molecular formula is C21H27NO3. The molecule has 0 aliphatic rings. The molecule has 0 radical (unpaired) electrons. The largest absolute Gasteiger partial charge is 0.491 e. The van der Waals surface area contributed by atoms with Crippen molar-refractivity contribution in [3.63, 3.8) is 0 Å². The molecule has 0 heterocycles. The standard InChI is InChI=1S/C21H27NO3/c1-15(2)18-9-11-19(12-10-18)24-14-21(23)22-17(4)13-25-20-8-6-5-7-16(20)3/h5-12,15,17H,13-14H2,1-4H3,(H,22,23)/t17-/m0/s1. The van der Waals surface area contributed by atoms with E-state index in [-0.39, 0.29) is 18.6 Å². The summed E-state index contributed by atoms with van der Waals surface area (Å²) in [7, 11) is 0. The van der Waals surface area contributed by atoms with Gasteiger partial charge in [-0.25, -0.2) is 0 Å². The first-order chi connectivity index (χ1) is 12.0. The van der Waals surface area contributed by atoms with Gasteiger partial charge in [-0.3, -0.25) is 4.79 Å². The minimum absolute atomic E-state index is 0.00424. The number of carbonyl (C=O) groups is 1. The lowest BCUT2D eigenvalue weighted by atomic mass is 10.0. The van der Waals surface area contributed by atoms with Crippen LogP contribution in [0.4, 0.5) is 0 Å². The molecule has 1 amide bonds. The van der Waals surface area contributed by atoms with Gasteiger partial charge in [0.1, 0.15) is 18.1 Å². The summed E-state index contributed by atoms with van der Waals surface area (Å²) in [6.07, 6.45) is 0. The van der Waals surface area contributed by atoms with Gasteiger partial charge in [-0.15, -0.1) is 0 Å². The SMILES string of the molecule is Cc1ccccc1OC[C@H](C)NC(=O)COc1ccc(C(C)C)cc1. The second-order valence-corrected chi connectivity index (χ2v) is 6.56. The molecule has 0 bridgehead atoms. The molecular weight excluding hydrogens is 314 g/mol. The second-order valence-electron chi connectivity index (χ2n) is 6.56. The molecule has 1 N–H and O–H groups in total. The van der Waals surface area contributed by atoms with Crippen LogP contribution in [0.25, 0.3) is 0 Å². The van der Waals surface area contributed by atoms with Crippen molar-refractivity contribution in [2.45, 2.75) is 39.7 Å². The highest BCUT2D eigenvalue weighted by atomic mass is 16.5. The van der Waals surface area contributed by atoms with Crippen molar-refractivity contribution in [1.82, 2.24) is 5.32 Å². The Morgan fingerprint density at radius 3 is 2.32 bits per heavy atom. The Hall–Kier alpha value is -2.49. The Morgan fingerprint density at radius 1 is 1.00 bits per heavy atom. The summed E-state index contributed by atoms with van der Waals surface area (Å²) in [5.74, 6) is 1.86. The summed E-state index contributed by atoms with van der Waals surface area (Å²) < 4.78 is 11.3. The van der Waals surface area contributed by atoms with E-state index in [4.69, 9.17) is 9.47 Å². The van der Waals surface area contributed by atoms with Crippen LogP contribution in [-0.2, 0) is 4.79 Å². The Kier molecular flexibility index (Phi) is 6.87. The molecule has 0 saturated heterocycles. The fraction of sp³-hybridized carbons (Fsp3) is 0.381. The lowest BCUT2D eigenvalue weighted by Crippen LogP contribution is -2.39. The Bertz CT molecular complexity index is 680. The number of benzene rings is 2. The first-order valence-corrected chi connectivity index (χ1v) is 8.66. The van der Waals surface area contributed by atoms with Gasteiger partial charge in [-0.05, 0) is 49.1 Å². The molecule has 0 saturated carbocycles. The van der Waals surface area contributed by atoms with Gasteiger partial charge in [0.25, 0.3) is 5.91 Å². The molecule has 25 heavy (non-hydrogen) atoms. The van der Waals surface area contributed by atoms with Crippen LogP contribution in [0, 0.1) is 6.92 Å².